The Bertz CT molecular complexity index is 1050. The highest BCUT2D eigenvalue weighted by atomic mass is 35.5. The van der Waals surface area contributed by atoms with Crippen LogP contribution in [-0.4, -0.2) is 35.6 Å². The summed E-state index contributed by atoms with van der Waals surface area (Å²) >= 11 is 7.13. The normalized spacial score (nSPS) is 15.0. The molecule has 0 bridgehead atoms. The second-order valence-electron chi connectivity index (χ2n) is 6.48. The van der Waals surface area contributed by atoms with Crippen molar-refractivity contribution in [2.24, 2.45) is 5.73 Å². The number of imide groups is 1. The van der Waals surface area contributed by atoms with Gasteiger partial charge in [-0.15, -0.1) is 0 Å². The average molecular weight is 447 g/mol. The zero-order valence-electron chi connectivity index (χ0n) is 16.3. The molecule has 30 heavy (non-hydrogen) atoms. The molecule has 9 heteroatoms. The molecule has 0 aromatic heterocycles. The van der Waals surface area contributed by atoms with Crippen LogP contribution in [0.25, 0.3) is 6.08 Å². The van der Waals surface area contributed by atoms with Crippen LogP contribution in [0, 0.1) is 6.92 Å². The van der Waals surface area contributed by atoms with Crippen LogP contribution in [0.2, 0.25) is 5.02 Å². The summed E-state index contributed by atoms with van der Waals surface area (Å²) in [5.74, 6) is -0.586. The fourth-order valence-corrected chi connectivity index (χ4v) is 3.94. The van der Waals surface area contributed by atoms with Gasteiger partial charge in [-0.3, -0.25) is 19.3 Å². The topological polar surface area (TPSA) is 98.9 Å². The molecule has 2 N–H and O–H groups in total. The number of carbonyl (C=O) groups excluding carboxylic acids is 3. The molecule has 0 spiro atoms. The van der Waals surface area contributed by atoms with Gasteiger partial charge in [-0.05, 0) is 53.6 Å². The third kappa shape index (κ3) is 4.77. The number of halogens is 1. The molecule has 7 nitrogen and oxygen atoms in total. The monoisotopic (exact) mass is 446 g/mol. The Morgan fingerprint density at radius 3 is 2.67 bits per heavy atom. The lowest BCUT2D eigenvalue weighted by Gasteiger charge is -2.14. The first-order chi connectivity index (χ1) is 14.3. The maximum absolute atomic E-state index is 12.4. The van der Waals surface area contributed by atoms with Gasteiger partial charge in [0.15, 0.2) is 11.5 Å². The van der Waals surface area contributed by atoms with Crippen molar-refractivity contribution in [1.82, 2.24) is 4.90 Å². The number of hydrogen-bond acceptors (Lipinski definition) is 6. The van der Waals surface area contributed by atoms with Crippen molar-refractivity contribution in [2.75, 3.05) is 13.7 Å². The Morgan fingerprint density at radius 2 is 2.00 bits per heavy atom. The number of carbonyl (C=O) groups is 3. The number of nitrogens with zero attached hydrogens (tertiary/aromatic N) is 1. The second-order valence-corrected chi connectivity index (χ2v) is 7.88. The van der Waals surface area contributed by atoms with Gasteiger partial charge in [0.25, 0.3) is 11.1 Å². The maximum Gasteiger partial charge on any atom is 0.294 e. The zero-order chi connectivity index (χ0) is 21.8. The van der Waals surface area contributed by atoms with Crippen molar-refractivity contribution in [3.63, 3.8) is 0 Å². The number of hydrogen-bond donors (Lipinski definition) is 1. The number of aryl methyl sites for hydroxylation is 1. The lowest BCUT2D eigenvalue weighted by molar-refractivity contribution is -0.127. The molecule has 0 saturated carbocycles. The van der Waals surface area contributed by atoms with Crippen LogP contribution in [0.3, 0.4) is 0 Å². The number of primary amides is 1. The molecule has 0 aliphatic carbocycles. The van der Waals surface area contributed by atoms with Crippen molar-refractivity contribution in [3.8, 4) is 11.5 Å². The summed E-state index contributed by atoms with van der Waals surface area (Å²) in [7, 11) is 1.48. The van der Waals surface area contributed by atoms with E-state index in [-0.39, 0.29) is 4.91 Å². The number of nitrogens with two attached hydrogens (primary N) is 1. The molecule has 0 atom stereocenters. The third-order valence-corrected chi connectivity index (χ3v) is 5.56. The summed E-state index contributed by atoms with van der Waals surface area (Å²) in [6.07, 6.45) is 1.51. The molecule has 1 aliphatic rings. The fourth-order valence-electron chi connectivity index (χ4n) is 2.83. The van der Waals surface area contributed by atoms with Crippen LogP contribution in [0.15, 0.2) is 41.3 Å². The van der Waals surface area contributed by atoms with Gasteiger partial charge in [0.2, 0.25) is 5.91 Å². The van der Waals surface area contributed by atoms with E-state index in [0.717, 1.165) is 27.8 Å². The Kier molecular flexibility index (Phi) is 6.69. The lowest BCUT2D eigenvalue weighted by atomic mass is 10.1. The van der Waals surface area contributed by atoms with Gasteiger partial charge < -0.3 is 15.2 Å². The van der Waals surface area contributed by atoms with Crippen LogP contribution in [0.5, 0.6) is 11.5 Å². The van der Waals surface area contributed by atoms with Crippen LogP contribution < -0.4 is 15.2 Å². The predicted octanol–water partition coefficient (Wildman–Crippen LogP) is 3.76. The summed E-state index contributed by atoms with van der Waals surface area (Å²) in [6, 6.07) is 11.1. The molecule has 156 valence electrons. The first kappa shape index (κ1) is 21.7. The summed E-state index contributed by atoms with van der Waals surface area (Å²) in [6.45, 7) is 1.85. The fraction of sp³-hybridized carbons (Fsp3) is 0.190. The van der Waals surface area contributed by atoms with Gasteiger partial charge in [0, 0.05) is 0 Å². The highest BCUT2D eigenvalue weighted by Gasteiger charge is 2.35. The van der Waals surface area contributed by atoms with E-state index in [0.29, 0.717) is 28.7 Å². The summed E-state index contributed by atoms with van der Waals surface area (Å²) in [5.41, 5.74) is 7.74. The SMILES string of the molecule is COc1cc(/C=C2\SC(=O)N(CC(N)=O)C2=O)cc(Cl)c1OCc1ccccc1C. The predicted molar refractivity (Wildman–Crippen MR) is 115 cm³/mol. The molecule has 2 aromatic rings. The van der Waals surface area contributed by atoms with Crippen LogP contribution in [0.4, 0.5) is 4.79 Å². The Balaban J connectivity index is 1.84. The highest BCUT2D eigenvalue weighted by Crippen LogP contribution is 2.39. The minimum Gasteiger partial charge on any atom is -0.493 e. The van der Waals surface area contributed by atoms with Crippen molar-refractivity contribution in [3.05, 3.63) is 63.0 Å². The largest absolute Gasteiger partial charge is 0.493 e. The Hall–Kier alpha value is -2.97. The standard InChI is InChI=1S/C21H19ClN2O5S/c1-12-5-3-4-6-14(12)11-29-19-15(22)7-13(8-16(19)28-2)9-17-20(26)24(10-18(23)25)21(27)30-17/h3-9H,10-11H2,1-2H3,(H2,23,25)/b17-9-. The van der Waals surface area contributed by atoms with Gasteiger partial charge in [-0.25, -0.2) is 0 Å². The van der Waals surface area contributed by atoms with Gasteiger partial charge in [0.05, 0.1) is 17.0 Å². The minimum absolute atomic E-state index is 0.160. The van der Waals surface area contributed by atoms with Crippen LogP contribution in [-0.2, 0) is 16.2 Å². The van der Waals surface area contributed by atoms with E-state index in [1.807, 2.05) is 31.2 Å². The molecular weight excluding hydrogens is 428 g/mol. The molecule has 0 radical (unpaired) electrons. The number of benzene rings is 2. The van der Waals surface area contributed by atoms with Gasteiger partial charge in [-0.1, -0.05) is 35.9 Å². The molecule has 3 rings (SSSR count). The van der Waals surface area contributed by atoms with E-state index in [9.17, 15) is 14.4 Å². The molecule has 1 heterocycles. The van der Waals surface area contributed by atoms with E-state index < -0.39 is 23.6 Å². The number of amides is 3. The molecular formula is C21H19ClN2O5S. The Morgan fingerprint density at radius 1 is 1.27 bits per heavy atom. The number of rotatable bonds is 7. The zero-order valence-corrected chi connectivity index (χ0v) is 17.9. The molecule has 1 fully saturated rings. The van der Waals surface area contributed by atoms with E-state index in [1.54, 1.807) is 12.1 Å². The van der Waals surface area contributed by atoms with Gasteiger partial charge in [0.1, 0.15) is 13.2 Å². The third-order valence-electron chi connectivity index (χ3n) is 4.37. The van der Waals surface area contributed by atoms with Crippen LogP contribution in [0.1, 0.15) is 16.7 Å². The smallest absolute Gasteiger partial charge is 0.294 e. The van der Waals surface area contributed by atoms with E-state index in [2.05, 4.69) is 0 Å². The van der Waals surface area contributed by atoms with Crippen molar-refractivity contribution in [1.29, 1.82) is 0 Å². The summed E-state index contributed by atoms with van der Waals surface area (Å²) in [4.78, 5) is 36.4. The van der Waals surface area contributed by atoms with E-state index in [1.165, 1.54) is 13.2 Å². The maximum atomic E-state index is 12.4. The lowest BCUT2D eigenvalue weighted by Crippen LogP contribution is -2.36. The van der Waals surface area contributed by atoms with Crippen molar-refractivity contribution in [2.45, 2.75) is 13.5 Å². The minimum atomic E-state index is -0.765. The number of ether oxygens (including phenoxy) is 2. The van der Waals surface area contributed by atoms with Gasteiger partial charge in [-0.2, -0.15) is 0 Å². The van der Waals surface area contributed by atoms with Crippen molar-refractivity contribution < 1.29 is 23.9 Å². The van der Waals surface area contributed by atoms with Crippen LogP contribution >= 0.6 is 23.4 Å². The second kappa shape index (κ2) is 9.23. The highest BCUT2D eigenvalue weighted by molar-refractivity contribution is 8.18. The average Bonchev–Trinajstić information content (AvgIpc) is 2.95. The molecule has 3 amide bonds. The number of methoxy groups -OCH3 is 1. The first-order valence-corrected chi connectivity index (χ1v) is 10.1. The first-order valence-electron chi connectivity index (χ1n) is 8.88. The van der Waals surface area contributed by atoms with Crippen molar-refractivity contribution >= 4 is 46.5 Å². The molecule has 1 saturated heterocycles. The van der Waals surface area contributed by atoms with E-state index in [4.69, 9.17) is 26.8 Å². The summed E-state index contributed by atoms with van der Waals surface area (Å²) in [5, 5.41) is -0.258. The Labute approximate surface area is 182 Å². The summed E-state index contributed by atoms with van der Waals surface area (Å²) < 4.78 is 11.3. The molecule has 2 aromatic carbocycles. The van der Waals surface area contributed by atoms with E-state index >= 15 is 0 Å². The molecule has 0 unspecified atom stereocenters. The number of thioether (sulfide) groups is 1. The van der Waals surface area contributed by atoms with Gasteiger partial charge >= 0.3 is 0 Å². The molecule has 1 aliphatic heterocycles. The quantitative estimate of drug-likeness (QED) is 0.650.